The number of benzene rings is 2. The summed E-state index contributed by atoms with van der Waals surface area (Å²) < 4.78 is 39.9. The normalized spacial score (nSPS) is 16.4. The number of piperidine rings is 1. The molecule has 2 aromatic rings. The van der Waals surface area contributed by atoms with E-state index in [1.165, 1.54) is 46.8 Å². The fraction of sp³-hybridized carbons (Fsp3) is 0.278. The number of carbonyl (C=O) groups excluding carboxylic acids is 1. The summed E-state index contributed by atoms with van der Waals surface area (Å²) in [5.74, 6) is -0.958. The fourth-order valence-electron chi connectivity index (χ4n) is 2.92. The minimum Gasteiger partial charge on any atom is -0.326 e. The number of sulfonamides is 1. The molecular weight excluding hydrogens is 379 g/mol. The van der Waals surface area contributed by atoms with Crippen molar-refractivity contribution in [1.29, 1.82) is 0 Å². The first-order chi connectivity index (χ1) is 12.4. The van der Waals surface area contributed by atoms with Crippen LogP contribution in [0.5, 0.6) is 0 Å². The lowest BCUT2D eigenvalue weighted by Gasteiger charge is -2.30. The highest BCUT2D eigenvalue weighted by Crippen LogP contribution is 2.25. The topological polar surface area (TPSA) is 66.5 Å². The third kappa shape index (κ3) is 4.23. The lowest BCUT2D eigenvalue weighted by atomic mass is 9.97. The lowest BCUT2D eigenvalue weighted by molar-refractivity contribution is -0.120. The summed E-state index contributed by atoms with van der Waals surface area (Å²) in [7, 11) is -3.60. The quantitative estimate of drug-likeness (QED) is 0.859. The average Bonchev–Trinajstić information content (AvgIpc) is 2.62. The fourth-order valence-corrected chi connectivity index (χ4v) is 4.52. The smallest absolute Gasteiger partial charge is 0.243 e. The van der Waals surface area contributed by atoms with E-state index in [4.69, 9.17) is 11.6 Å². The molecule has 0 spiro atoms. The predicted octanol–water partition coefficient (Wildman–Crippen LogP) is 3.52. The number of carbonyl (C=O) groups is 1. The van der Waals surface area contributed by atoms with Crippen molar-refractivity contribution in [3.8, 4) is 0 Å². The van der Waals surface area contributed by atoms with Crippen molar-refractivity contribution in [2.24, 2.45) is 5.92 Å². The SMILES string of the molecule is O=C(Nc1cccc(F)c1)C1CCN(S(=O)(=O)c2ccc(Cl)cc2)CC1. The molecule has 0 saturated carbocycles. The molecule has 0 atom stereocenters. The van der Waals surface area contributed by atoms with E-state index >= 15 is 0 Å². The maximum atomic E-state index is 13.2. The zero-order valence-electron chi connectivity index (χ0n) is 13.9. The van der Waals surface area contributed by atoms with Crippen molar-refractivity contribution >= 4 is 33.2 Å². The van der Waals surface area contributed by atoms with Crippen LogP contribution in [0.1, 0.15) is 12.8 Å². The second-order valence-electron chi connectivity index (χ2n) is 6.13. The van der Waals surface area contributed by atoms with Gasteiger partial charge < -0.3 is 5.32 Å². The summed E-state index contributed by atoms with van der Waals surface area (Å²) in [5.41, 5.74) is 0.395. The summed E-state index contributed by atoms with van der Waals surface area (Å²) in [4.78, 5) is 12.5. The van der Waals surface area contributed by atoms with Crippen molar-refractivity contribution < 1.29 is 17.6 Å². The van der Waals surface area contributed by atoms with Gasteiger partial charge in [0.05, 0.1) is 4.90 Å². The van der Waals surface area contributed by atoms with E-state index < -0.39 is 15.8 Å². The highest BCUT2D eigenvalue weighted by atomic mass is 35.5. The van der Waals surface area contributed by atoms with Crippen LogP contribution in [0.4, 0.5) is 10.1 Å². The van der Waals surface area contributed by atoms with E-state index in [-0.39, 0.29) is 29.8 Å². The minimum atomic E-state index is -3.60. The molecule has 1 heterocycles. The summed E-state index contributed by atoms with van der Waals surface area (Å²) in [6.45, 7) is 0.512. The first kappa shape index (κ1) is 18.8. The van der Waals surface area contributed by atoms with Crippen LogP contribution in [0.25, 0.3) is 0 Å². The molecule has 138 valence electrons. The van der Waals surface area contributed by atoms with Gasteiger partial charge in [-0.15, -0.1) is 0 Å². The Bertz CT molecular complexity index is 895. The van der Waals surface area contributed by atoms with Crippen LogP contribution in [0.2, 0.25) is 5.02 Å². The Hall–Kier alpha value is -1.96. The third-order valence-corrected chi connectivity index (χ3v) is 6.53. The van der Waals surface area contributed by atoms with Gasteiger partial charge in [-0.25, -0.2) is 12.8 Å². The Labute approximate surface area is 156 Å². The molecule has 1 fully saturated rings. The molecule has 0 aromatic heterocycles. The van der Waals surface area contributed by atoms with Crippen molar-refractivity contribution in [3.05, 3.63) is 59.4 Å². The molecule has 1 saturated heterocycles. The van der Waals surface area contributed by atoms with Gasteiger partial charge in [0.1, 0.15) is 5.82 Å². The summed E-state index contributed by atoms with van der Waals surface area (Å²) in [6.07, 6.45) is 0.821. The molecule has 0 bridgehead atoms. The number of hydrogen-bond donors (Lipinski definition) is 1. The third-order valence-electron chi connectivity index (χ3n) is 4.37. The van der Waals surface area contributed by atoms with Crippen LogP contribution in [-0.2, 0) is 14.8 Å². The maximum Gasteiger partial charge on any atom is 0.243 e. The Morgan fingerprint density at radius 3 is 2.38 bits per heavy atom. The zero-order valence-corrected chi connectivity index (χ0v) is 15.4. The Morgan fingerprint density at radius 1 is 1.12 bits per heavy atom. The van der Waals surface area contributed by atoms with E-state index in [1.54, 1.807) is 6.07 Å². The molecule has 0 radical (unpaired) electrons. The standard InChI is InChI=1S/C18H18ClFN2O3S/c19-14-4-6-17(7-5-14)26(24,25)22-10-8-13(9-11-22)18(23)21-16-3-1-2-15(20)12-16/h1-7,12-13H,8-11H2,(H,21,23). The maximum absolute atomic E-state index is 13.2. The van der Waals surface area contributed by atoms with E-state index in [2.05, 4.69) is 5.32 Å². The number of nitrogens with one attached hydrogen (secondary N) is 1. The molecule has 8 heteroatoms. The Kier molecular flexibility index (Phi) is 5.60. The highest BCUT2D eigenvalue weighted by Gasteiger charge is 2.32. The van der Waals surface area contributed by atoms with Gasteiger partial charge in [-0.2, -0.15) is 4.31 Å². The number of amides is 1. The molecule has 3 rings (SSSR count). The number of nitrogens with zero attached hydrogens (tertiary/aromatic N) is 1. The van der Waals surface area contributed by atoms with Gasteiger partial charge >= 0.3 is 0 Å². The van der Waals surface area contributed by atoms with Gasteiger partial charge in [0.25, 0.3) is 0 Å². The number of rotatable bonds is 4. The highest BCUT2D eigenvalue weighted by molar-refractivity contribution is 7.89. The van der Waals surface area contributed by atoms with Crippen LogP contribution < -0.4 is 5.32 Å². The summed E-state index contributed by atoms with van der Waals surface area (Å²) in [5, 5.41) is 3.15. The largest absolute Gasteiger partial charge is 0.326 e. The zero-order chi connectivity index (χ0) is 18.7. The predicted molar refractivity (Wildman–Crippen MR) is 98.0 cm³/mol. The Morgan fingerprint density at radius 2 is 1.77 bits per heavy atom. The van der Waals surface area contributed by atoms with E-state index in [1.807, 2.05) is 0 Å². The molecule has 2 aromatic carbocycles. The van der Waals surface area contributed by atoms with Gasteiger partial charge in [-0.3, -0.25) is 4.79 Å². The van der Waals surface area contributed by atoms with Crippen LogP contribution >= 0.6 is 11.6 Å². The number of hydrogen-bond acceptors (Lipinski definition) is 3. The van der Waals surface area contributed by atoms with Crippen LogP contribution in [-0.4, -0.2) is 31.7 Å². The van der Waals surface area contributed by atoms with Crippen LogP contribution in [0.15, 0.2) is 53.4 Å². The van der Waals surface area contributed by atoms with E-state index in [9.17, 15) is 17.6 Å². The van der Waals surface area contributed by atoms with Crippen LogP contribution in [0.3, 0.4) is 0 Å². The lowest BCUT2D eigenvalue weighted by Crippen LogP contribution is -2.41. The van der Waals surface area contributed by atoms with Crippen molar-refractivity contribution in [2.75, 3.05) is 18.4 Å². The molecule has 26 heavy (non-hydrogen) atoms. The van der Waals surface area contributed by atoms with Crippen molar-refractivity contribution in [1.82, 2.24) is 4.31 Å². The Balaban J connectivity index is 1.61. The second-order valence-corrected chi connectivity index (χ2v) is 8.51. The average molecular weight is 397 g/mol. The molecule has 1 aliphatic heterocycles. The van der Waals surface area contributed by atoms with Gasteiger partial charge in [-0.1, -0.05) is 17.7 Å². The van der Waals surface area contributed by atoms with Crippen LogP contribution in [0, 0.1) is 11.7 Å². The molecule has 1 N–H and O–H groups in total. The minimum absolute atomic E-state index is 0.185. The summed E-state index contributed by atoms with van der Waals surface area (Å²) >= 11 is 5.80. The molecule has 0 aliphatic carbocycles. The number of anilines is 1. The molecular formula is C18H18ClFN2O3S. The van der Waals surface area contributed by atoms with Gasteiger partial charge in [0.2, 0.25) is 15.9 Å². The van der Waals surface area contributed by atoms with Gasteiger partial charge in [0, 0.05) is 29.7 Å². The van der Waals surface area contributed by atoms with E-state index in [0.717, 1.165) is 0 Å². The molecule has 1 amide bonds. The first-order valence-corrected chi connectivity index (χ1v) is 10.0. The van der Waals surface area contributed by atoms with Crippen molar-refractivity contribution in [3.63, 3.8) is 0 Å². The first-order valence-electron chi connectivity index (χ1n) is 8.18. The van der Waals surface area contributed by atoms with E-state index in [0.29, 0.717) is 23.6 Å². The van der Waals surface area contributed by atoms with Gasteiger partial charge in [0.15, 0.2) is 0 Å². The van der Waals surface area contributed by atoms with Crippen molar-refractivity contribution in [2.45, 2.75) is 17.7 Å². The molecule has 0 unspecified atom stereocenters. The number of halogens is 2. The summed E-state index contributed by atoms with van der Waals surface area (Å²) in [6, 6.07) is 11.7. The molecule has 5 nitrogen and oxygen atoms in total. The second kappa shape index (κ2) is 7.73. The van der Waals surface area contributed by atoms with Gasteiger partial charge in [-0.05, 0) is 55.3 Å². The molecule has 1 aliphatic rings. The monoisotopic (exact) mass is 396 g/mol.